The summed E-state index contributed by atoms with van der Waals surface area (Å²) in [7, 11) is 0. The smallest absolute Gasteiger partial charge is 0.303 e. The summed E-state index contributed by atoms with van der Waals surface area (Å²) in [5, 5.41) is 18.4. The monoisotopic (exact) mass is 257 g/mol. The van der Waals surface area contributed by atoms with Gasteiger partial charge in [-0.25, -0.2) is 0 Å². The van der Waals surface area contributed by atoms with Crippen LogP contribution in [0.5, 0.6) is 0 Å². The molecule has 3 unspecified atom stereocenters. The summed E-state index contributed by atoms with van der Waals surface area (Å²) in [5.74, 6) is -0.719. The molecule has 1 aliphatic rings. The van der Waals surface area contributed by atoms with Gasteiger partial charge in [0.1, 0.15) is 0 Å². The first kappa shape index (κ1) is 15.4. The van der Waals surface area contributed by atoms with Crippen LogP contribution in [-0.2, 0) is 4.79 Å². The molecule has 3 atom stereocenters. The molecule has 4 nitrogen and oxygen atoms in total. The third-order valence-corrected chi connectivity index (χ3v) is 3.88. The number of carboxylic acids is 1. The number of hydrogen-bond acceptors (Lipinski definition) is 3. The first-order valence-corrected chi connectivity index (χ1v) is 7.16. The highest BCUT2D eigenvalue weighted by Gasteiger charge is 2.26. The first-order chi connectivity index (χ1) is 8.50. The number of rotatable bonds is 6. The van der Waals surface area contributed by atoms with Crippen LogP contribution in [0.25, 0.3) is 0 Å². The molecule has 0 aliphatic carbocycles. The molecule has 1 aliphatic heterocycles. The van der Waals surface area contributed by atoms with Crippen molar-refractivity contribution in [3.8, 4) is 0 Å². The summed E-state index contributed by atoms with van der Waals surface area (Å²) < 4.78 is 0. The number of carboxylic acid groups (broad SMARTS) is 1. The van der Waals surface area contributed by atoms with E-state index < -0.39 is 5.97 Å². The van der Waals surface area contributed by atoms with Crippen LogP contribution < -0.4 is 0 Å². The second kappa shape index (κ2) is 7.74. The Kier molecular flexibility index (Phi) is 6.65. The van der Waals surface area contributed by atoms with Crippen molar-refractivity contribution in [2.45, 2.75) is 77.0 Å². The highest BCUT2D eigenvalue weighted by molar-refractivity contribution is 5.66. The Morgan fingerprint density at radius 2 is 2.06 bits per heavy atom. The van der Waals surface area contributed by atoms with Gasteiger partial charge in [0.2, 0.25) is 0 Å². The molecule has 0 aromatic rings. The predicted octanol–water partition coefficient (Wildman–Crippen LogP) is 2.26. The Morgan fingerprint density at radius 3 is 2.67 bits per heavy atom. The quantitative estimate of drug-likeness (QED) is 0.766. The van der Waals surface area contributed by atoms with E-state index in [4.69, 9.17) is 5.11 Å². The zero-order valence-corrected chi connectivity index (χ0v) is 11.6. The van der Waals surface area contributed by atoms with Crippen molar-refractivity contribution < 1.29 is 15.0 Å². The molecule has 0 spiro atoms. The highest BCUT2D eigenvalue weighted by Crippen LogP contribution is 2.24. The molecule has 0 aromatic heterocycles. The summed E-state index contributed by atoms with van der Waals surface area (Å²) in [4.78, 5) is 13.1. The number of hydrogen-bond donors (Lipinski definition) is 2. The molecule has 18 heavy (non-hydrogen) atoms. The van der Waals surface area contributed by atoms with Crippen molar-refractivity contribution in [2.75, 3.05) is 6.54 Å². The second-order valence-corrected chi connectivity index (χ2v) is 5.61. The lowest BCUT2D eigenvalue weighted by atomic mass is 10.0. The van der Waals surface area contributed by atoms with E-state index in [1.54, 1.807) is 0 Å². The minimum atomic E-state index is -0.719. The lowest BCUT2D eigenvalue weighted by molar-refractivity contribution is -0.137. The molecular formula is C14H27NO3. The molecule has 0 aromatic carbocycles. The molecule has 0 bridgehead atoms. The van der Waals surface area contributed by atoms with Crippen LogP contribution in [0.2, 0.25) is 0 Å². The van der Waals surface area contributed by atoms with E-state index in [0.717, 1.165) is 19.4 Å². The van der Waals surface area contributed by atoms with Crippen LogP contribution >= 0.6 is 0 Å². The van der Waals surface area contributed by atoms with Gasteiger partial charge in [0.15, 0.2) is 0 Å². The zero-order chi connectivity index (χ0) is 13.5. The van der Waals surface area contributed by atoms with E-state index in [0.29, 0.717) is 18.5 Å². The van der Waals surface area contributed by atoms with E-state index in [1.165, 1.54) is 19.3 Å². The van der Waals surface area contributed by atoms with Crippen molar-refractivity contribution in [1.29, 1.82) is 0 Å². The molecule has 0 radical (unpaired) electrons. The van der Waals surface area contributed by atoms with E-state index in [1.807, 2.05) is 6.92 Å². The number of aliphatic hydroxyl groups excluding tert-OH is 1. The van der Waals surface area contributed by atoms with Crippen molar-refractivity contribution in [3.05, 3.63) is 0 Å². The molecule has 1 saturated heterocycles. The topological polar surface area (TPSA) is 60.8 Å². The van der Waals surface area contributed by atoms with Crippen LogP contribution in [0.3, 0.4) is 0 Å². The van der Waals surface area contributed by atoms with Gasteiger partial charge in [0, 0.05) is 18.5 Å². The molecule has 0 amide bonds. The summed E-state index contributed by atoms with van der Waals surface area (Å²) in [5.41, 5.74) is 0. The Balaban J connectivity index is 2.56. The van der Waals surface area contributed by atoms with Gasteiger partial charge < -0.3 is 10.2 Å². The zero-order valence-electron chi connectivity index (χ0n) is 11.6. The number of carbonyl (C=O) groups is 1. The van der Waals surface area contributed by atoms with Crippen LogP contribution in [0, 0.1) is 0 Å². The van der Waals surface area contributed by atoms with Gasteiger partial charge in [0.25, 0.3) is 0 Å². The highest BCUT2D eigenvalue weighted by atomic mass is 16.4. The summed E-state index contributed by atoms with van der Waals surface area (Å²) in [6.45, 7) is 4.99. The molecule has 4 heteroatoms. The van der Waals surface area contributed by atoms with Crippen molar-refractivity contribution >= 4 is 5.97 Å². The van der Waals surface area contributed by atoms with E-state index in [-0.39, 0.29) is 12.5 Å². The minimum absolute atomic E-state index is 0.235. The number of likely N-dealkylation sites (tertiary alicyclic amines) is 1. The van der Waals surface area contributed by atoms with Gasteiger partial charge in [-0.1, -0.05) is 12.8 Å². The number of aliphatic hydroxyl groups is 1. The van der Waals surface area contributed by atoms with Crippen LogP contribution in [-0.4, -0.2) is 45.8 Å². The van der Waals surface area contributed by atoms with Crippen molar-refractivity contribution in [1.82, 2.24) is 4.90 Å². The van der Waals surface area contributed by atoms with Crippen LogP contribution in [0.1, 0.15) is 58.8 Å². The standard InChI is InChI=1S/C14H27NO3/c1-11(7-8-14(17)18)15-9-5-3-4-6-13(15)10-12(2)16/h11-13,16H,3-10H2,1-2H3,(H,17,18). The van der Waals surface area contributed by atoms with Gasteiger partial charge in [-0.05, 0) is 46.1 Å². The third kappa shape index (κ3) is 5.36. The van der Waals surface area contributed by atoms with E-state index in [2.05, 4.69) is 11.8 Å². The largest absolute Gasteiger partial charge is 0.481 e. The molecule has 2 N–H and O–H groups in total. The van der Waals surface area contributed by atoms with Gasteiger partial charge in [-0.15, -0.1) is 0 Å². The molecule has 106 valence electrons. The van der Waals surface area contributed by atoms with Gasteiger partial charge in [-0.3, -0.25) is 9.69 Å². The summed E-state index contributed by atoms with van der Waals surface area (Å²) >= 11 is 0. The van der Waals surface area contributed by atoms with E-state index >= 15 is 0 Å². The molecule has 0 saturated carbocycles. The second-order valence-electron chi connectivity index (χ2n) is 5.61. The van der Waals surface area contributed by atoms with E-state index in [9.17, 15) is 9.90 Å². The molecule has 1 fully saturated rings. The van der Waals surface area contributed by atoms with Gasteiger partial charge in [0.05, 0.1) is 6.10 Å². The Hall–Kier alpha value is -0.610. The predicted molar refractivity (Wildman–Crippen MR) is 71.6 cm³/mol. The Bertz CT molecular complexity index is 255. The number of aliphatic carboxylic acids is 1. The molecule has 1 heterocycles. The fraction of sp³-hybridized carbons (Fsp3) is 0.929. The maximum atomic E-state index is 10.7. The van der Waals surface area contributed by atoms with Crippen molar-refractivity contribution in [3.63, 3.8) is 0 Å². The molecular weight excluding hydrogens is 230 g/mol. The summed E-state index contributed by atoms with van der Waals surface area (Å²) in [6.07, 6.45) is 6.25. The normalized spacial score (nSPS) is 25.4. The lowest BCUT2D eigenvalue weighted by Gasteiger charge is -2.35. The third-order valence-electron chi connectivity index (χ3n) is 3.88. The number of nitrogens with zero attached hydrogens (tertiary/aromatic N) is 1. The van der Waals surface area contributed by atoms with Gasteiger partial charge >= 0.3 is 5.97 Å². The fourth-order valence-corrected chi connectivity index (χ4v) is 2.92. The SMILES string of the molecule is CC(O)CC1CCCCCN1C(C)CCC(=O)O. The minimum Gasteiger partial charge on any atom is -0.481 e. The van der Waals surface area contributed by atoms with Crippen LogP contribution in [0.4, 0.5) is 0 Å². The maximum absolute atomic E-state index is 10.7. The average molecular weight is 257 g/mol. The Morgan fingerprint density at radius 1 is 1.33 bits per heavy atom. The maximum Gasteiger partial charge on any atom is 0.303 e. The average Bonchev–Trinajstić information content (AvgIpc) is 2.50. The van der Waals surface area contributed by atoms with Gasteiger partial charge in [-0.2, -0.15) is 0 Å². The van der Waals surface area contributed by atoms with Crippen molar-refractivity contribution in [2.24, 2.45) is 0 Å². The Labute approximate surface area is 110 Å². The first-order valence-electron chi connectivity index (χ1n) is 7.16. The summed E-state index contributed by atoms with van der Waals surface area (Å²) in [6, 6.07) is 0.708. The molecule has 1 rings (SSSR count). The van der Waals surface area contributed by atoms with Crippen LogP contribution in [0.15, 0.2) is 0 Å². The lowest BCUT2D eigenvalue weighted by Crippen LogP contribution is -2.43. The fourth-order valence-electron chi connectivity index (χ4n) is 2.92.